The molecular formula is C19H18O2. The molecule has 0 aliphatic heterocycles. The van der Waals surface area contributed by atoms with Gasteiger partial charge in [-0.2, -0.15) is 0 Å². The smallest absolute Gasteiger partial charge is 0.159 e. The maximum Gasteiger partial charge on any atom is 0.159 e. The van der Waals surface area contributed by atoms with E-state index >= 15 is 0 Å². The highest BCUT2D eigenvalue weighted by Crippen LogP contribution is 2.06. The summed E-state index contributed by atoms with van der Waals surface area (Å²) in [6.45, 7) is 0. The zero-order chi connectivity index (χ0) is 14.9. The van der Waals surface area contributed by atoms with Crippen LogP contribution in [0.5, 0.6) is 0 Å². The second-order valence-corrected chi connectivity index (χ2v) is 4.77. The van der Waals surface area contributed by atoms with Crippen LogP contribution in [0.3, 0.4) is 0 Å². The van der Waals surface area contributed by atoms with Crippen molar-refractivity contribution in [3.05, 3.63) is 89.7 Å². The Hall–Kier alpha value is -2.61. The topological polar surface area (TPSA) is 37.3 Å². The molecule has 0 unspecified atom stereocenters. The monoisotopic (exact) mass is 278 g/mol. The van der Waals surface area contributed by atoms with Crippen LogP contribution in [0.15, 0.2) is 78.6 Å². The van der Waals surface area contributed by atoms with Crippen LogP contribution in [0.1, 0.15) is 17.5 Å². The molecule has 21 heavy (non-hydrogen) atoms. The van der Waals surface area contributed by atoms with Gasteiger partial charge in [0, 0.05) is 12.5 Å². The maximum absolute atomic E-state index is 11.8. The van der Waals surface area contributed by atoms with Crippen LogP contribution in [0.4, 0.5) is 0 Å². The maximum atomic E-state index is 11.8. The van der Waals surface area contributed by atoms with Gasteiger partial charge in [0.25, 0.3) is 0 Å². The lowest BCUT2D eigenvalue weighted by molar-refractivity contribution is -0.114. The fraction of sp³-hybridized carbons (Fsp3) is 0.105. The zero-order valence-electron chi connectivity index (χ0n) is 11.8. The van der Waals surface area contributed by atoms with Gasteiger partial charge in [-0.25, -0.2) is 0 Å². The molecule has 2 heteroatoms. The molecule has 0 spiro atoms. The summed E-state index contributed by atoms with van der Waals surface area (Å²) < 4.78 is 0. The van der Waals surface area contributed by atoms with Crippen molar-refractivity contribution in [2.24, 2.45) is 0 Å². The summed E-state index contributed by atoms with van der Waals surface area (Å²) in [5.74, 6) is -0.0917. The van der Waals surface area contributed by atoms with E-state index in [1.54, 1.807) is 6.08 Å². The average Bonchev–Trinajstić information content (AvgIpc) is 2.53. The van der Waals surface area contributed by atoms with E-state index in [9.17, 15) is 9.90 Å². The third-order valence-corrected chi connectivity index (χ3v) is 3.06. The fourth-order valence-electron chi connectivity index (χ4n) is 1.94. The average molecular weight is 278 g/mol. The molecule has 1 N–H and O–H groups in total. The Labute approximate surface area is 125 Å². The van der Waals surface area contributed by atoms with Crippen LogP contribution < -0.4 is 0 Å². The lowest BCUT2D eigenvalue weighted by atomic mass is 10.1. The Kier molecular flexibility index (Phi) is 5.53. The van der Waals surface area contributed by atoms with Gasteiger partial charge in [-0.3, -0.25) is 4.79 Å². The molecule has 0 saturated heterocycles. The van der Waals surface area contributed by atoms with E-state index in [1.807, 2.05) is 60.7 Å². The standard InChI is InChI=1S/C19H18O2/c20-18(13-11-16-7-3-1-4-8-16)15-19(21)14-12-17-9-5-2-6-10-17/h1-11,13,15,20H,12,14H2. The highest BCUT2D eigenvalue weighted by atomic mass is 16.3. The van der Waals surface area contributed by atoms with Crippen LogP contribution >= 0.6 is 0 Å². The van der Waals surface area contributed by atoms with Gasteiger partial charge in [0.15, 0.2) is 5.78 Å². The van der Waals surface area contributed by atoms with Gasteiger partial charge in [-0.05, 0) is 23.6 Å². The number of carbonyl (C=O) groups is 1. The van der Waals surface area contributed by atoms with E-state index in [2.05, 4.69) is 0 Å². The zero-order valence-corrected chi connectivity index (χ0v) is 11.8. The molecule has 2 aromatic carbocycles. The summed E-state index contributed by atoms with van der Waals surface area (Å²) in [5.41, 5.74) is 2.10. The molecule has 0 radical (unpaired) electrons. The van der Waals surface area contributed by atoms with Crippen molar-refractivity contribution >= 4 is 11.9 Å². The third-order valence-electron chi connectivity index (χ3n) is 3.06. The number of aliphatic hydroxyl groups excluding tert-OH is 1. The van der Waals surface area contributed by atoms with Crippen LogP contribution in [0.2, 0.25) is 0 Å². The number of aryl methyl sites for hydroxylation is 1. The van der Waals surface area contributed by atoms with E-state index in [0.717, 1.165) is 11.1 Å². The minimum absolute atomic E-state index is 0.0167. The van der Waals surface area contributed by atoms with Crippen molar-refractivity contribution in [3.63, 3.8) is 0 Å². The molecule has 0 aromatic heterocycles. The number of aliphatic hydroxyl groups is 1. The lowest BCUT2D eigenvalue weighted by Gasteiger charge is -1.98. The first-order chi connectivity index (χ1) is 10.2. The Balaban J connectivity index is 1.87. The van der Waals surface area contributed by atoms with Crippen molar-refractivity contribution < 1.29 is 9.90 Å². The number of carbonyl (C=O) groups excluding carboxylic acids is 1. The molecule has 0 fully saturated rings. The summed E-state index contributed by atoms with van der Waals surface area (Å²) >= 11 is 0. The van der Waals surface area contributed by atoms with E-state index < -0.39 is 0 Å². The van der Waals surface area contributed by atoms with Crippen molar-refractivity contribution in [2.75, 3.05) is 0 Å². The highest BCUT2D eigenvalue weighted by molar-refractivity contribution is 5.90. The Morgan fingerprint density at radius 3 is 2.24 bits per heavy atom. The third kappa shape index (κ3) is 5.49. The second-order valence-electron chi connectivity index (χ2n) is 4.77. The molecule has 0 bridgehead atoms. The molecule has 0 saturated carbocycles. The number of hydrogen-bond donors (Lipinski definition) is 1. The largest absolute Gasteiger partial charge is 0.508 e. The van der Waals surface area contributed by atoms with Gasteiger partial charge >= 0.3 is 0 Å². The van der Waals surface area contributed by atoms with E-state index in [4.69, 9.17) is 0 Å². The molecule has 0 atom stereocenters. The van der Waals surface area contributed by atoms with Crippen LogP contribution in [-0.4, -0.2) is 10.9 Å². The van der Waals surface area contributed by atoms with Crippen molar-refractivity contribution in [1.29, 1.82) is 0 Å². The van der Waals surface area contributed by atoms with Gasteiger partial charge in [0.2, 0.25) is 0 Å². The highest BCUT2D eigenvalue weighted by Gasteiger charge is 2.00. The summed E-state index contributed by atoms with van der Waals surface area (Å²) in [7, 11) is 0. The van der Waals surface area contributed by atoms with Gasteiger partial charge in [0.1, 0.15) is 5.76 Å². The second kappa shape index (κ2) is 7.85. The minimum atomic E-state index is -0.0749. The van der Waals surface area contributed by atoms with Crippen LogP contribution in [-0.2, 0) is 11.2 Å². The van der Waals surface area contributed by atoms with Crippen molar-refractivity contribution in [3.8, 4) is 0 Å². The molecule has 0 aliphatic carbocycles. The predicted octanol–water partition coefficient (Wildman–Crippen LogP) is 4.34. The first-order valence-electron chi connectivity index (χ1n) is 6.94. The molecule has 0 aliphatic rings. The number of allylic oxidation sites excluding steroid dienone is 2. The Morgan fingerprint density at radius 1 is 0.952 bits per heavy atom. The SMILES string of the molecule is O=C(C=C(O)C=Cc1ccccc1)CCc1ccccc1. The lowest BCUT2D eigenvalue weighted by Crippen LogP contribution is -1.97. The molecule has 2 rings (SSSR count). The number of hydrogen-bond acceptors (Lipinski definition) is 2. The van der Waals surface area contributed by atoms with Crippen LogP contribution in [0.25, 0.3) is 6.08 Å². The summed E-state index contributed by atoms with van der Waals surface area (Å²) in [6.07, 6.45) is 5.67. The molecule has 2 aromatic rings. The number of benzene rings is 2. The summed E-state index contributed by atoms with van der Waals surface area (Å²) in [4.78, 5) is 11.8. The quantitative estimate of drug-likeness (QED) is 0.485. The Morgan fingerprint density at radius 2 is 1.57 bits per heavy atom. The van der Waals surface area contributed by atoms with Gasteiger partial charge in [-0.1, -0.05) is 66.7 Å². The molecule has 2 nitrogen and oxygen atoms in total. The minimum Gasteiger partial charge on any atom is -0.508 e. The fourth-order valence-corrected chi connectivity index (χ4v) is 1.94. The predicted molar refractivity (Wildman–Crippen MR) is 86.0 cm³/mol. The van der Waals surface area contributed by atoms with E-state index in [-0.39, 0.29) is 11.5 Å². The molecule has 0 heterocycles. The van der Waals surface area contributed by atoms with Gasteiger partial charge in [0.05, 0.1) is 0 Å². The van der Waals surface area contributed by atoms with Crippen molar-refractivity contribution in [2.45, 2.75) is 12.8 Å². The number of rotatable bonds is 6. The summed E-state index contributed by atoms with van der Waals surface area (Å²) in [6, 6.07) is 19.5. The Bertz CT molecular complexity index is 625. The van der Waals surface area contributed by atoms with Crippen molar-refractivity contribution in [1.82, 2.24) is 0 Å². The molecular weight excluding hydrogens is 260 g/mol. The van der Waals surface area contributed by atoms with Crippen LogP contribution in [0, 0.1) is 0 Å². The van der Waals surface area contributed by atoms with Gasteiger partial charge in [-0.15, -0.1) is 0 Å². The first-order valence-corrected chi connectivity index (χ1v) is 6.94. The normalized spacial score (nSPS) is 11.7. The first kappa shape index (κ1) is 14.8. The molecule has 106 valence electrons. The summed E-state index contributed by atoms with van der Waals surface area (Å²) in [5, 5.41) is 9.73. The van der Waals surface area contributed by atoms with Gasteiger partial charge < -0.3 is 5.11 Å². The van der Waals surface area contributed by atoms with E-state index in [0.29, 0.717) is 12.8 Å². The molecule has 0 amide bonds. The number of ketones is 1. The van der Waals surface area contributed by atoms with E-state index in [1.165, 1.54) is 12.2 Å².